The van der Waals surface area contributed by atoms with Gasteiger partial charge in [0.15, 0.2) is 0 Å². The van der Waals surface area contributed by atoms with Crippen molar-refractivity contribution in [1.82, 2.24) is 4.90 Å². The molecule has 112 valence electrons. The smallest absolute Gasteiger partial charge is 0.231 e. The minimum Gasteiger partial charge on any atom is -0.335 e. The molecule has 3 heteroatoms. The van der Waals surface area contributed by atoms with Crippen molar-refractivity contribution in [2.75, 3.05) is 13.1 Å². The Morgan fingerprint density at radius 3 is 2.24 bits per heavy atom. The second-order valence-corrected chi connectivity index (χ2v) is 5.69. The van der Waals surface area contributed by atoms with Gasteiger partial charge in [0.1, 0.15) is 0 Å². The number of amides is 1. The monoisotopic (exact) mass is 284 g/mol. The Labute approximate surface area is 127 Å². The number of benzene rings is 1. The van der Waals surface area contributed by atoms with Crippen molar-refractivity contribution in [3.8, 4) is 0 Å². The van der Waals surface area contributed by atoms with E-state index >= 15 is 0 Å². The molecule has 1 fully saturated rings. The van der Waals surface area contributed by atoms with Gasteiger partial charge in [0, 0.05) is 19.1 Å². The lowest BCUT2D eigenvalue weighted by atomic mass is 9.61. The number of carbonyl (C=O) groups excluding carboxylic acids is 1. The van der Waals surface area contributed by atoms with E-state index in [0.29, 0.717) is 13.1 Å². The lowest BCUT2D eigenvalue weighted by Gasteiger charge is -2.47. The maximum atomic E-state index is 13.0. The van der Waals surface area contributed by atoms with Crippen molar-refractivity contribution < 1.29 is 4.79 Å². The van der Waals surface area contributed by atoms with Crippen LogP contribution in [0.5, 0.6) is 0 Å². The first-order valence-corrected chi connectivity index (χ1v) is 7.47. The largest absolute Gasteiger partial charge is 0.335 e. The quantitative estimate of drug-likeness (QED) is 0.782. The topological polar surface area (TPSA) is 46.3 Å². The third-order valence-corrected chi connectivity index (χ3v) is 4.41. The maximum Gasteiger partial charge on any atom is 0.231 e. The van der Waals surface area contributed by atoms with E-state index in [4.69, 9.17) is 5.73 Å². The van der Waals surface area contributed by atoms with Gasteiger partial charge in [-0.15, -0.1) is 13.2 Å². The number of nitrogens with zero attached hydrogens (tertiary/aromatic N) is 1. The van der Waals surface area contributed by atoms with E-state index < -0.39 is 5.41 Å². The molecule has 1 unspecified atom stereocenters. The van der Waals surface area contributed by atoms with E-state index in [1.165, 1.54) is 0 Å². The summed E-state index contributed by atoms with van der Waals surface area (Å²) in [6, 6.07) is 9.66. The third kappa shape index (κ3) is 2.93. The first kappa shape index (κ1) is 15.5. The minimum atomic E-state index is -0.465. The Morgan fingerprint density at radius 2 is 1.81 bits per heavy atom. The zero-order valence-corrected chi connectivity index (χ0v) is 12.5. The fraction of sp³-hybridized carbons (Fsp3) is 0.389. The number of carbonyl (C=O) groups is 1. The molecule has 0 heterocycles. The van der Waals surface area contributed by atoms with Crippen molar-refractivity contribution in [2.45, 2.75) is 25.3 Å². The van der Waals surface area contributed by atoms with Gasteiger partial charge in [-0.2, -0.15) is 0 Å². The van der Waals surface area contributed by atoms with Crippen molar-refractivity contribution in [3.05, 3.63) is 61.2 Å². The number of nitrogens with two attached hydrogens (primary N) is 1. The average Bonchev–Trinajstić information content (AvgIpc) is 2.46. The summed E-state index contributed by atoms with van der Waals surface area (Å²) >= 11 is 0. The molecule has 0 bridgehead atoms. The van der Waals surface area contributed by atoms with Crippen LogP contribution in [0.25, 0.3) is 0 Å². The molecular formula is C18H24N2O. The average molecular weight is 284 g/mol. The molecule has 2 N–H and O–H groups in total. The van der Waals surface area contributed by atoms with Crippen LogP contribution in [-0.2, 0) is 4.79 Å². The predicted octanol–water partition coefficient (Wildman–Crippen LogP) is 3.06. The molecule has 1 aromatic rings. The lowest BCUT2D eigenvalue weighted by Crippen LogP contribution is -2.53. The maximum absolute atomic E-state index is 13.0. The van der Waals surface area contributed by atoms with Gasteiger partial charge in [0.05, 0.1) is 5.41 Å². The Hall–Kier alpha value is -1.87. The van der Waals surface area contributed by atoms with Crippen LogP contribution in [0.4, 0.5) is 0 Å². The molecule has 1 saturated carbocycles. The molecule has 0 saturated heterocycles. The number of hydrogen-bond donors (Lipinski definition) is 1. The lowest BCUT2D eigenvalue weighted by molar-refractivity contribution is -0.148. The highest BCUT2D eigenvalue weighted by Gasteiger charge is 2.50. The molecule has 0 spiro atoms. The first-order chi connectivity index (χ1) is 10.2. The molecule has 1 atom stereocenters. The van der Waals surface area contributed by atoms with Gasteiger partial charge >= 0.3 is 0 Å². The normalized spacial score (nSPS) is 17.4. The van der Waals surface area contributed by atoms with Gasteiger partial charge in [0.2, 0.25) is 5.91 Å². The predicted molar refractivity (Wildman–Crippen MR) is 86.6 cm³/mol. The Balaban J connectivity index is 2.25. The van der Waals surface area contributed by atoms with Gasteiger partial charge in [-0.1, -0.05) is 48.9 Å². The van der Waals surface area contributed by atoms with Gasteiger partial charge in [0.25, 0.3) is 0 Å². The summed E-state index contributed by atoms with van der Waals surface area (Å²) in [6.07, 6.45) is 6.27. The van der Waals surface area contributed by atoms with Gasteiger partial charge in [-0.3, -0.25) is 4.79 Å². The summed E-state index contributed by atoms with van der Waals surface area (Å²) < 4.78 is 0. The summed E-state index contributed by atoms with van der Waals surface area (Å²) in [5.41, 5.74) is 7.03. The van der Waals surface area contributed by atoms with Gasteiger partial charge in [-0.25, -0.2) is 0 Å². The SMILES string of the molecule is C=CCN(CC=C)C(=O)C1(C(N)c2ccccc2)CCC1. The number of hydrogen-bond acceptors (Lipinski definition) is 2. The second kappa shape index (κ2) is 6.72. The summed E-state index contributed by atoms with van der Waals surface area (Å²) in [6.45, 7) is 8.54. The van der Waals surface area contributed by atoms with Crippen LogP contribution in [-0.4, -0.2) is 23.9 Å². The molecule has 0 aliphatic heterocycles. The van der Waals surface area contributed by atoms with E-state index in [2.05, 4.69) is 13.2 Å². The van der Waals surface area contributed by atoms with Crippen molar-refractivity contribution >= 4 is 5.91 Å². The van der Waals surface area contributed by atoms with Crippen molar-refractivity contribution in [3.63, 3.8) is 0 Å². The summed E-state index contributed by atoms with van der Waals surface area (Å²) in [7, 11) is 0. The Kier molecular flexibility index (Phi) is 4.97. The van der Waals surface area contributed by atoms with Crippen LogP contribution in [0.3, 0.4) is 0 Å². The van der Waals surface area contributed by atoms with Crippen LogP contribution in [0.15, 0.2) is 55.6 Å². The fourth-order valence-electron chi connectivity index (χ4n) is 3.06. The summed E-state index contributed by atoms with van der Waals surface area (Å²) in [4.78, 5) is 14.8. The van der Waals surface area contributed by atoms with Crippen LogP contribution in [0.1, 0.15) is 30.9 Å². The highest BCUT2D eigenvalue weighted by Crippen LogP contribution is 2.50. The number of rotatable bonds is 7. The van der Waals surface area contributed by atoms with Crippen LogP contribution >= 0.6 is 0 Å². The zero-order valence-electron chi connectivity index (χ0n) is 12.5. The zero-order chi connectivity index (χ0) is 15.3. The Bertz CT molecular complexity index is 495. The Morgan fingerprint density at radius 1 is 1.24 bits per heavy atom. The van der Waals surface area contributed by atoms with Gasteiger partial charge in [-0.05, 0) is 18.4 Å². The minimum absolute atomic E-state index is 0.130. The summed E-state index contributed by atoms with van der Waals surface area (Å²) in [5, 5.41) is 0. The molecule has 1 aromatic carbocycles. The molecule has 3 nitrogen and oxygen atoms in total. The van der Waals surface area contributed by atoms with E-state index in [9.17, 15) is 4.79 Å². The van der Waals surface area contributed by atoms with E-state index in [0.717, 1.165) is 24.8 Å². The van der Waals surface area contributed by atoms with Crippen molar-refractivity contribution in [1.29, 1.82) is 0 Å². The molecule has 1 aliphatic carbocycles. The molecular weight excluding hydrogens is 260 g/mol. The second-order valence-electron chi connectivity index (χ2n) is 5.69. The third-order valence-electron chi connectivity index (χ3n) is 4.41. The van der Waals surface area contributed by atoms with E-state index in [1.54, 1.807) is 17.1 Å². The molecule has 2 rings (SSSR count). The molecule has 0 radical (unpaired) electrons. The van der Waals surface area contributed by atoms with Crippen LogP contribution in [0.2, 0.25) is 0 Å². The van der Waals surface area contributed by atoms with Crippen LogP contribution in [0, 0.1) is 5.41 Å². The fourth-order valence-corrected chi connectivity index (χ4v) is 3.06. The molecule has 0 aromatic heterocycles. The molecule has 1 amide bonds. The standard InChI is InChI=1S/C18H24N2O/c1-3-13-20(14-4-2)17(21)18(11-8-12-18)16(19)15-9-6-5-7-10-15/h3-7,9-10,16H,1-2,8,11-14,19H2. The summed E-state index contributed by atoms with van der Waals surface area (Å²) in [5.74, 6) is 0.130. The van der Waals surface area contributed by atoms with Crippen LogP contribution < -0.4 is 5.73 Å². The highest BCUT2D eigenvalue weighted by molar-refractivity contribution is 5.85. The molecule has 21 heavy (non-hydrogen) atoms. The van der Waals surface area contributed by atoms with Gasteiger partial charge < -0.3 is 10.6 Å². The van der Waals surface area contributed by atoms with Crippen molar-refractivity contribution in [2.24, 2.45) is 11.1 Å². The molecule has 1 aliphatic rings. The van der Waals surface area contributed by atoms with E-state index in [1.807, 2.05) is 30.3 Å². The first-order valence-electron chi connectivity index (χ1n) is 7.47. The van der Waals surface area contributed by atoms with E-state index in [-0.39, 0.29) is 11.9 Å². The highest BCUT2D eigenvalue weighted by atomic mass is 16.2.